The van der Waals surface area contributed by atoms with Gasteiger partial charge >= 0.3 is 0 Å². The van der Waals surface area contributed by atoms with Crippen molar-refractivity contribution < 1.29 is 17.6 Å². The van der Waals surface area contributed by atoms with Crippen LogP contribution in [0.2, 0.25) is 0 Å². The van der Waals surface area contributed by atoms with E-state index in [0.717, 1.165) is 12.0 Å². The maximum atomic E-state index is 12.5. The molecule has 1 aromatic carbocycles. The van der Waals surface area contributed by atoms with Crippen LogP contribution in [0.4, 0.5) is 5.69 Å². The molecule has 7 nitrogen and oxygen atoms in total. The fourth-order valence-electron chi connectivity index (χ4n) is 2.27. The van der Waals surface area contributed by atoms with Crippen LogP contribution < -0.4 is 10.0 Å². The SMILES string of the molecule is CN(C)C(CNC(=O)c1ccccc1NS(C)(=O)=O)c1ccco1. The second-order valence-corrected chi connectivity index (χ2v) is 7.37. The first kappa shape index (κ1) is 18.0. The quantitative estimate of drug-likeness (QED) is 0.792. The molecule has 2 rings (SSSR count). The zero-order valence-corrected chi connectivity index (χ0v) is 14.6. The third-order valence-corrected chi connectivity index (χ3v) is 4.01. The molecule has 8 heteroatoms. The van der Waals surface area contributed by atoms with Gasteiger partial charge in [0.15, 0.2) is 0 Å². The molecule has 0 fully saturated rings. The number of nitrogens with one attached hydrogen (secondary N) is 2. The van der Waals surface area contributed by atoms with Crippen LogP contribution in [0.25, 0.3) is 0 Å². The lowest BCUT2D eigenvalue weighted by molar-refractivity contribution is 0.0940. The minimum Gasteiger partial charge on any atom is -0.468 e. The molecule has 0 aliphatic rings. The highest BCUT2D eigenvalue weighted by Crippen LogP contribution is 2.19. The highest BCUT2D eigenvalue weighted by Gasteiger charge is 2.19. The number of rotatable bonds is 7. The van der Waals surface area contributed by atoms with E-state index in [-0.39, 0.29) is 23.2 Å². The second kappa shape index (κ2) is 7.50. The normalized spacial score (nSPS) is 12.8. The van der Waals surface area contributed by atoms with Crippen molar-refractivity contribution in [1.82, 2.24) is 10.2 Å². The van der Waals surface area contributed by atoms with E-state index in [1.54, 1.807) is 36.6 Å². The molecule has 1 unspecified atom stereocenters. The first-order valence-electron chi connectivity index (χ1n) is 7.33. The fourth-order valence-corrected chi connectivity index (χ4v) is 2.85. The summed E-state index contributed by atoms with van der Waals surface area (Å²) in [4.78, 5) is 14.4. The van der Waals surface area contributed by atoms with Crippen molar-refractivity contribution in [2.24, 2.45) is 0 Å². The maximum absolute atomic E-state index is 12.5. The van der Waals surface area contributed by atoms with Gasteiger partial charge in [-0.2, -0.15) is 0 Å². The maximum Gasteiger partial charge on any atom is 0.253 e. The van der Waals surface area contributed by atoms with Crippen molar-refractivity contribution in [2.75, 3.05) is 31.6 Å². The smallest absolute Gasteiger partial charge is 0.253 e. The molecule has 1 heterocycles. The van der Waals surface area contributed by atoms with Gasteiger partial charge in [0.2, 0.25) is 10.0 Å². The van der Waals surface area contributed by atoms with Crippen molar-refractivity contribution in [1.29, 1.82) is 0 Å². The van der Waals surface area contributed by atoms with Crippen LogP contribution in [0.1, 0.15) is 22.2 Å². The van der Waals surface area contributed by atoms with Gasteiger partial charge in [-0.15, -0.1) is 0 Å². The third kappa shape index (κ3) is 4.84. The molecule has 0 saturated carbocycles. The summed E-state index contributed by atoms with van der Waals surface area (Å²) in [6, 6.07) is 9.97. The van der Waals surface area contributed by atoms with Gasteiger partial charge in [-0.3, -0.25) is 14.4 Å². The Hall–Kier alpha value is -2.32. The topological polar surface area (TPSA) is 91.7 Å². The van der Waals surface area contributed by atoms with Gasteiger partial charge in [0.25, 0.3) is 5.91 Å². The Morgan fingerprint density at radius 2 is 1.92 bits per heavy atom. The molecular weight excluding hydrogens is 330 g/mol. The summed E-state index contributed by atoms with van der Waals surface area (Å²) in [6.07, 6.45) is 2.62. The Morgan fingerprint density at radius 1 is 1.21 bits per heavy atom. The summed E-state index contributed by atoms with van der Waals surface area (Å²) in [5, 5.41) is 2.82. The molecular formula is C16H21N3O4S. The lowest BCUT2D eigenvalue weighted by atomic mass is 10.1. The predicted molar refractivity (Wildman–Crippen MR) is 92.4 cm³/mol. The molecule has 1 aromatic heterocycles. The second-order valence-electron chi connectivity index (χ2n) is 5.62. The van der Waals surface area contributed by atoms with E-state index < -0.39 is 10.0 Å². The number of benzene rings is 1. The van der Waals surface area contributed by atoms with Crippen LogP contribution in [0.15, 0.2) is 47.1 Å². The highest BCUT2D eigenvalue weighted by molar-refractivity contribution is 7.92. The Labute approximate surface area is 141 Å². The van der Waals surface area contributed by atoms with E-state index in [9.17, 15) is 13.2 Å². The molecule has 0 spiro atoms. The van der Waals surface area contributed by atoms with Crippen molar-refractivity contribution in [3.8, 4) is 0 Å². The van der Waals surface area contributed by atoms with Gasteiger partial charge < -0.3 is 9.73 Å². The minimum atomic E-state index is -3.47. The van der Waals surface area contributed by atoms with Gasteiger partial charge in [0.1, 0.15) is 5.76 Å². The van der Waals surface area contributed by atoms with Crippen LogP contribution in [0.3, 0.4) is 0 Å². The molecule has 1 atom stereocenters. The van der Waals surface area contributed by atoms with Crippen LogP contribution >= 0.6 is 0 Å². The lowest BCUT2D eigenvalue weighted by Crippen LogP contribution is -2.34. The summed E-state index contributed by atoms with van der Waals surface area (Å²) >= 11 is 0. The first-order valence-corrected chi connectivity index (χ1v) is 9.22. The van der Waals surface area contributed by atoms with Crippen molar-refractivity contribution in [2.45, 2.75) is 6.04 Å². The Morgan fingerprint density at radius 3 is 2.50 bits per heavy atom. The van der Waals surface area contributed by atoms with Crippen LogP contribution in [-0.2, 0) is 10.0 Å². The number of hydrogen-bond donors (Lipinski definition) is 2. The average Bonchev–Trinajstić information content (AvgIpc) is 3.00. The summed E-state index contributed by atoms with van der Waals surface area (Å²) in [5.74, 6) is 0.378. The van der Waals surface area contributed by atoms with E-state index in [0.29, 0.717) is 6.54 Å². The Balaban J connectivity index is 2.12. The first-order chi connectivity index (χ1) is 11.3. The molecule has 0 aliphatic heterocycles. The van der Waals surface area contributed by atoms with Crippen LogP contribution in [0.5, 0.6) is 0 Å². The molecule has 0 bridgehead atoms. The molecule has 0 aliphatic carbocycles. The predicted octanol–water partition coefficient (Wildman–Crippen LogP) is 1.68. The number of hydrogen-bond acceptors (Lipinski definition) is 5. The third-order valence-electron chi connectivity index (χ3n) is 3.42. The van der Waals surface area contributed by atoms with Crippen LogP contribution in [-0.4, -0.2) is 46.1 Å². The zero-order chi connectivity index (χ0) is 17.7. The molecule has 24 heavy (non-hydrogen) atoms. The van der Waals surface area contributed by atoms with E-state index in [1.165, 1.54) is 0 Å². The zero-order valence-electron chi connectivity index (χ0n) is 13.8. The number of sulfonamides is 1. The van der Waals surface area contributed by atoms with Crippen molar-refractivity contribution in [3.63, 3.8) is 0 Å². The van der Waals surface area contributed by atoms with Crippen molar-refractivity contribution in [3.05, 3.63) is 54.0 Å². The van der Waals surface area contributed by atoms with E-state index in [4.69, 9.17) is 4.42 Å². The number of anilines is 1. The van der Waals surface area contributed by atoms with Gasteiger partial charge in [-0.05, 0) is 38.4 Å². The summed E-state index contributed by atoms with van der Waals surface area (Å²) in [5.41, 5.74) is 0.511. The van der Waals surface area contributed by atoms with Crippen molar-refractivity contribution >= 4 is 21.6 Å². The largest absolute Gasteiger partial charge is 0.468 e. The van der Waals surface area contributed by atoms with E-state index in [2.05, 4.69) is 10.0 Å². The number of furan rings is 1. The number of carbonyl (C=O) groups excluding carboxylic acids is 1. The Kier molecular flexibility index (Phi) is 5.63. The van der Waals surface area contributed by atoms with Gasteiger partial charge in [0.05, 0.1) is 29.8 Å². The Bertz CT molecular complexity index is 785. The summed E-state index contributed by atoms with van der Waals surface area (Å²) < 4.78 is 30.6. The van der Waals surface area contributed by atoms with Gasteiger partial charge in [-0.1, -0.05) is 12.1 Å². The number of likely N-dealkylation sites (N-methyl/N-ethyl adjacent to an activating group) is 1. The molecule has 130 valence electrons. The molecule has 0 radical (unpaired) electrons. The fraction of sp³-hybridized carbons (Fsp3) is 0.312. The number of amides is 1. The highest BCUT2D eigenvalue weighted by atomic mass is 32.2. The van der Waals surface area contributed by atoms with E-state index in [1.807, 2.05) is 25.1 Å². The van der Waals surface area contributed by atoms with Crippen LogP contribution in [0, 0.1) is 0 Å². The molecule has 1 amide bonds. The summed E-state index contributed by atoms with van der Waals surface area (Å²) in [6.45, 7) is 0.326. The lowest BCUT2D eigenvalue weighted by Gasteiger charge is -2.22. The standard InChI is InChI=1S/C16H21N3O4S/c1-19(2)14(15-9-6-10-23-15)11-17-16(20)12-7-4-5-8-13(12)18-24(3,21)22/h4-10,14,18H,11H2,1-3H3,(H,17,20). The number of para-hydroxylation sites is 1. The summed E-state index contributed by atoms with van der Waals surface area (Å²) in [7, 11) is 0.308. The molecule has 2 aromatic rings. The molecule has 2 N–H and O–H groups in total. The van der Waals surface area contributed by atoms with Gasteiger partial charge in [0, 0.05) is 6.54 Å². The number of nitrogens with zero attached hydrogens (tertiary/aromatic N) is 1. The average molecular weight is 351 g/mol. The molecule has 0 saturated heterocycles. The van der Waals surface area contributed by atoms with E-state index >= 15 is 0 Å². The number of carbonyl (C=O) groups is 1. The monoisotopic (exact) mass is 351 g/mol. The minimum absolute atomic E-state index is 0.126. The van der Waals surface area contributed by atoms with Gasteiger partial charge in [-0.25, -0.2) is 8.42 Å².